The predicted octanol–water partition coefficient (Wildman–Crippen LogP) is 12.1. The van der Waals surface area contributed by atoms with Crippen molar-refractivity contribution in [2.45, 2.75) is 202 Å². The van der Waals surface area contributed by atoms with Gasteiger partial charge in [0.1, 0.15) is 42.8 Å². The van der Waals surface area contributed by atoms with Crippen LogP contribution in [0.25, 0.3) is 0 Å². The van der Waals surface area contributed by atoms with Crippen molar-refractivity contribution in [1.29, 1.82) is 0 Å². The Balaban J connectivity index is 1.64. The fraction of sp³-hybridized carbons (Fsp3) is 0.792. The van der Waals surface area contributed by atoms with E-state index in [1.807, 2.05) is 21.1 Å². The van der Waals surface area contributed by atoms with Crippen LogP contribution < -0.4 is 0 Å². The minimum Gasteiger partial charge on any atom is -0.466 e. The number of furan rings is 2. The number of unbranched alkanes of at least 4 members (excludes halogenated alkanes) is 14. The molecule has 2 unspecified atom stereocenters. The summed E-state index contributed by atoms with van der Waals surface area (Å²) in [5, 5.41) is 0. The van der Waals surface area contributed by atoms with Crippen molar-refractivity contribution < 1.29 is 50.9 Å². The molecule has 0 radical (unpaired) electrons. The van der Waals surface area contributed by atoms with Gasteiger partial charge in [-0.2, -0.15) is 0 Å². The van der Waals surface area contributed by atoms with E-state index >= 15 is 0 Å². The maximum Gasteiger partial charge on any atom is 0.472 e. The molecule has 0 saturated heterocycles. The summed E-state index contributed by atoms with van der Waals surface area (Å²) in [6.45, 7) is 12.9. The van der Waals surface area contributed by atoms with Crippen molar-refractivity contribution in [2.24, 2.45) is 0 Å². The average molecular weight is 867 g/mol. The van der Waals surface area contributed by atoms with E-state index in [1.165, 1.54) is 54.4 Å². The van der Waals surface area contributed by atoms with E-state index in [-0.39, 0.29) is 32.0 Å². The second-order valence-corrected chi connectivity index (χ2v) is 19.4. The maximum atomic E-state index is 12.8. The van der Waals surface area contributed by atoms with Gasteiger partial charge in [0.05, 0.1) is 27.7 Å². The minimum absolute atomic E-state index is 0.0199. The molecule has 0 spiro atoms. The van der Waals surface area contributed by atoms with Gasteiger partial charge in [0, 0.05) is 38.5 Å². The number of ether oxygens (including phenoxy) is 2. The highest BCUT2D eigenvalue weighted by Gasteiger charge is 2.27. The lowest BCUT2D eigenvalue weighted by Crippen LogP contribution is -2.37. The molecule has 2 atom stereocenters. The quantitative estimate of drug-likeness (QED) is 0.0305. The molecule has 0 amide bonds. The van der Waals surface area contributed by atoms with Crippen molar-refractivity contribution in [3.63, 3.8) is 0 Å². The van der Waals surface area contributed by atoms with E-state index < -0.39 is 26.5 Å². The Labute approximate surface area is 364 Å². The van der Waals surface area contributed by atoms with Crippen LogP contribution in [-0.4, -0.2) is 74.9 Å². The first-order chi connectivity index (χ1) is 28.6. The Morgan fingerprint density at radius 1 is 0.567 bits per heavy atom. The molecule has 0 fully saturated rings. The molecule has 0 saturated carbocycles. The Bertz CT molecular complexity index is 1540. The lowest BCUT2D eigenvalue weighted by Gasteiger charge is -2.24. The van der Waals surface area contributed by atoms with Gasteiger partial charge in [-0.05, 0) is 88.5 Å². The van der Waals surface area contributed by atoms with Gasteiger partial charge in [-0.15, -0.1) is 0 Å². The number of aryl methyl sites for hydroxylation is 4. The monoisotopic (exact) mass is 867 g/mol. The third-order valence-electron chi connectivity index (χ3n) is 11.5. The van der Waals surface area contributed by atoms with Crippen LogP contribution in [0.4, 0.5) is 0 Å². The first-order valence-corrected chi connectivity index (χ1v) is 25.0. The Kier molecular flexibility index (Phi) is 26.7. The van der Waals surface area contributed by atoms with E-state index in [1.54, 1.807) is 0 Å². The number of carbonyl (C=O) groups is 2. The van der Waals surface area contributed by atoms with Crippen molar-refractivity contribution in [2.75, 3.05) is 47.5 Å². The topological polar surface area (TPSA) is 135 Å². The van der Waals surface area contributed by atoms with Crippen molar-refractivity contribution in [3.05, 3.63) is 45.3 Å². The van der Waals surface area contributed by atoms with Crippen molar-refractivity contribution >= 4 is 19.8 Å². The molecule has 0 aliphatic carbocycles. The van der Waals surface area contributed by atoms with Gasteiger partial charge in [-0.1, -0.05) is 90.9 Å². The number of quaternary nitrogens is 1. The van der Waals surface area contributed by atoms with Gasteiger partial charge < -0.3 is 27.7 Å². The number of hydrogen-bond acceptors (Lipinski definition) is 9. The SMILES string of the molecule is CCCc1oc(CCCCCCCCCCC(=O)OCC(COP(=O)(O)OCC[N+](C)(C)C)OC(=O)CCCCCCCCCCc2oc(CCC)c(C)c2C)c(C)c1C. The number of hydrogen-bond donors (Lipinski definition) is 1. The molecule has 12 heteroatoms. The van der Waals surface area contributed by atoms with Crippen molar-refractivity contribution in [1.82, 2.24) is 0 Å². The summed E-state index contributed by atoms with van der Waals surface area (Å²) >= 11 is 0. The van der Waals surface area contributed by atoms with Crippen LogP contribution >= 0.6 is 7.82 Å². The number of phosphoric acid groups is 1. The molecule has 2 rings (SSSR count). The zero-order valence-electron chi connectivity index (χ0n) is 39.4. The zero-order valence-corrected chi connectivity index (χ0v) is 40.3. The Hall–Kier alpha value is -2.43. The molecule has 11 nitrogen and oxygen atoms in total. The molecule has 346 valence electrons. The molecule has 0 aliphatic rings. The van der Waals surface area contributed by atoms with Gasteiger partial charge >= 0.3 is 19.8 Å². The molecule has 0 aliphatic heterocycles. The van der Waals surface area contributed by atoms with E-state index in [4.69, 9.17) is 27.4 Å². The molecule has 1 N–H and O–H groups in total. The molecule has 2 heterocycles. The van der Waals surface area contributed by atoms with Crippen LogP contribution in [0.15, 0.2) is 8.83 Å². The number of carbonyl (C=O) groups excluding carboxylic acids is 2. The average Bonchev–Trinajstić information content (AvgIpc) is 3.61. The highest BCUT2D eigenvalue weighted by atomic mass is 31.2. The third kappa shape index (κ3) is 23.1. The van der Waals surface area contributed by atoms with Crippen LogP contribution in [0.2, 0.25) is 0 Å². The predicted molar refractivity (Wildman–Crippen MR) is 240 cm³/mol. The zero-order chi connectivity index (χ0) is 44.4. The van der Waals surface area contributed by atoms with E-state index in [2.05, 4.69) is 41.5 Å². The van der Waals surface area contributed by atoms with Crippen molar-refractivity contribution in [3.8, 4) is 0 Å². The van der Waals surface area contributed by atoms with Crippen LogP contribution in [0, 0.1) is 27.7 Å². The number of nitrogens with zero attached hydrogens (tertiary/aromatic N) is 1. The summed E-state index contributed by atoms with van der Waals surface area (Å²) in [7, 11) is 1.44. The fourth-order valence-corrected chi connectivity index (χ4v) is 8.08. The molecular weight excluding hydrogens is 781 g/mol. The van der Waals surface area contributed by atoms with E-state index in [0.29, 0.717) is 23.9 Å². The number of rotatable bonds is 36. The van der Waals surface area contributed by atoms with Crippen LogP contribution in [-0.2, 0) is 58.4 Å². The highest BCUT2D eigenvalue weighted by molar-refractivity contribution is 7.47. The summed E-state index contributed by atoms with van der Waals surface area (Å²) in [5.74, 6) is 3.76. The van der Waals surface area contributed by atoms with Gasteiger partial charge in [0.15, 0.2) is 6.10 Å². The second kappa shape index (κ2) is 29.8. The molecule has 0 aromatic carbocycles. The van der Waals surface area contributed by atoms with Crippen LogP contribution in [0.1, 0.15) is 188 Å². The summed E-state index contributed by atoms with van der Waals surface area (Å²) in [5.41, 5.74) is 5.26. The van der Waals surface area contributed by atoms with Gasteiger partial charge in [-0.3, -0.25) is 18.6 Å². The third-order valence-corrected chi connectivity index (χ3v) is 12.5. The van der Waals surface area contributed by atoms with Crippen LogP contribution in [0.5, 0.6) is 0 Å². The molecular formula is C48H85NO10P+. The number of esters is 2. The van der Waals surface area contributed by atoms with Gasteiger partial charge in [0.2, 0.25) is 0 Å². The molecule has 60 heavy (non-hydrogen) atoms. The van der Waals surface area contributed by atoms with Gasteiger partial charge in [-0.25, -0.2) is 4.57 Å². The summed E-state index contributed by atoms with van der Waals surface area (Å²) in [4.78, 5) is 35.6. The standard InChI is InChI=1S/C48H84NO10P/c1-10-28-43-38(3)40(5)45(58-43)30-24-20-16-12-14-18-22-26-32-47(50)54-36-42(37-56-60(52,53)55-35-34-49(7,8)9)57-48(51)33-27-23-19-15-13-17-21-25-31-46-41(6)39(4)44(59-46)29-11-2/h42H,10-37H2,1-9H3/p+1. The first-order valence-electron chi connectivity index (χ1n) is 23.5. The van der Waals surface area contributed by atoms with E-state index in [0.717, 1.165) is 119 Å². The molecule has 2 aromatic rings. The minimum atomic E-state index is -4.40. The Morgan fingerprint density at radius 2 is 0.950 bits per heavy atom. The largest absolute Gasteiger partial charge is 0.472 e. The maximum absolute atomic E-state index is 12.8. The highest BCUT2D eigenvalue weighted by Crippen LogP contribution is 2.43. The van der Waals surface area contributed by atoms with E-state index in [9.17, 15) is 19.0 Å². The number of phosphoric ester groups is 1. The summed E-state index contributed by atoms with van der Waals surface area (Å²) < 4.78 is 46.7. The van der Waals surface area contributed by atoms with Gasteiger partial charge in [0.25, 0.3) is 0 Å². The lowest BCUT2D eigenvalue weighted by molar-refractivity contribution is -0.870. The molecule has 2 aromatic heterocycles. The summed E-state index contributed by atoms with van der Waals surface area (Å²) in [6, 6.07) is 0. The lowest BCUT2D eigenvalue weighted by atomic mass is 10.0. The van der Waals surface area contributed by atoms with Crippen LogP contribution in [0.3, 0.4) is 0 Å². The fourth-order valence-electron chi connectivity index (χ4n) is 7.34. The normalized spacial score (nSPS) is 13.4. The second-order valence-electron chi connectivity index (χ2n) is 18.0. The first kappa shape index (κ1) is 53.7. The number of likely N-dealkylation sites (N-methyl/N-ethyl adjacent to an activating group) is 1. The Morgan fingerprint density at radius 3 is 1.37 bits per heavy atom. The summed E-state index contributed by atoms with van der Waals surface area (Å²) in [6.07, 6.45) is 22.6. The molecule has 0 bridgehead atoms. The smallest absolute Gasteiger partial charge is 0.466 e.